The van der Waals surface area contributed by atoms with E-state index in [0.717, 1.165) is 31.6 Å². The van der Waals surface area contributed by atoms with Crippen LogP contribution in [0.5, 0.6) is 17.2 Å². The van der Waals surface area contributed by atoms with Gasteiger partial charge in [-0.1, -0.05) is 18.2 Å². The van der Waals surface area contributed by atoms with E-state index in [1.807, 2.05) is 30.3 Å². The first-order valence-corrected chi connectivity index (χ1v) is 9.78. The van der Waals surface area contributed by atoms with Crippen molar-refractivity contribution in [1.29, 1.82) is 0 Å². The number of methoxy groups -OCH3 is 3. The molecular formula is C22H24N4O4. The third-order valence-electron chi connectivity index (χ3n) is 5.13. The number of carbonyl (C=O) groups excluding carboxylic acids is 1. The molecule has 0 atom stereocenters. The van der Waals surface area contributed by atoms with Gasteiger partial charge in [0.05, 0.1) is 27.0 Å². The van der Waals surface area contributed by atoms with Crippen LogP contribution in [0.1, 0.15) is 28.9 Å². The summed E-state index contributed by atoms with van der Waals surface area (Å²) < 4.78 is 16.2. The number of hydrogen-bond donors (Lipinski definition) is 0. The van der Waals surface area contributed by atoms with E-state index in [4.69, 9.17) is 14.2 Å². The van der Waals surface area contributed by atoms with Crippen molar-refractivity contribution in [1.82, 2.24) is 15.0 Å². The summed E-state index contributed by atoms with van der Waals surface area (Å²) in [6.07, 6.45) is 2.13. The van der Waals surface area contributed by atoms with Gasteiger partial charge in [-0.15, -0.1) is 15.0 Å². The van der Waals surface area contributed by atoms with Gasteiger partial charge in [-0.05, 0) is 37.1 Å². The number of benzene rings is 2. The van der Waals surface area contributed by atoms with E-state index in [1.54, 1.807) is 12.1 Å². The maximum atomic E-state index is 13.5. The van der Waals surface area contributed by atoms with Crippen LogP contribution in [0.25, 0.3) is 5.69 Å². The average Bonchev–Trinajstić information content (AvgIpc) is 3.48. The second-order valence-corrected chi connectivity index (χ2v) is 6.93. The monoisotopic (exact) mass is 408 g/mol. The van der Waals surface area contributed by atoms with E-state index in [2.05, 4.69) is 15.1 Å². The molecular weight excluding hydrogens is 384 g/mol. The average molecular weight is 408 g/mol. The summed E-state index contributed by atoms with van der Waals surface area (Å²) >= 11 is 0. The lowest BCUT2D eigenvalue weighted by atomic mass is 10.1. The zero-order chi connectivity index (χ0) is 21.1. The number of nitrogens with zero attached hydrogens (tertiary/aromatic N) is 4. The zero-order valence-electron chi connectivity index (χ0n) is 17.3. The lowest BCUT2D eigenvalue weighted by molar-refractivity contribution is 0.103. The molecule has 8 heteroatoms. The summed E-state index contributed by atoms with van der Waals surface area (Å²) in [5, 5.41) is 9.21. The number of aromatic nitrogens is 3. The molecule has 1 saturated heterocycles. The molecule has 0 N–H and O–H groups in total. The minimum absolute atomic E-state index is 0.252. The van der Waals surface area contributed by atoms with E-state index in [0.29, 0.717) is 34.3 Å². The molecule has 0 aliphatic carbocycles. The predicted octanol–water partition coefficient (Wildman–Crippen LogP) is 3.12. The molecule has 2 aromatic carbocycles. The van der Waals surface area contributed by atoms with Gasteiger partial charge >= 0.3 is 0 Å². The van der Waals surface area contributed by atoms with E-state index < -0.39 is 0 Å². The summed E-state index contributed by atoms with van der Waals surface area (Å²) in [5.41, 5.74) is 1.49. The molecule has 0 radical (unpaired) electrons. The Balaban J connectivity index is 1.81. The highest BCUT2D eigenvalue weighted by atomic mass is 16.5. The number of ketones is 1. The van der Waals surface area contributed by atoms with E-state index in [9.17, 15) is 4.79 Å². The Morgan fingerprint density at radius 3 is 2.10 bits per heavy atom. The third-order valence-corrected chi connectivity index (χ3v) is 5.13. The highest BCUT2D eigenvalue weighted by Gasteiger charge is 2.28. The van der Waals surface area contributed by atoms with Crippen LogP contribution in [-0.4, -0.2) is 55.2 Å². The van der Waals surface area contributed by atoms with Crippen LogP contribution in [0.2, 0.25) is 0 Å². The van der Waals surface area contributed by atoms with Gasteiger partial charge in [0, 0.05) is 18.7 Å². The maximum Gasteiger partial charge on any atom is 0.217 e. The van der Waals surface area contributed by atoms with Crippen molar-refractivity contribution < 1.29 is 19.0 Å². The van der Waals surface area contributed by atoms with E-state index in [-0.39, 0.29) is 5.78 Å². The van der Waals surface area contributed by atoms with Gasteiger partial charge in [0.25, 0.3) is 0 Å². The van der Waals surface area contributed by atoms with Gasteiger partial charge in [0.1, 0.15) is 0 Å². The first-order chi connectivity index (χ1) is 14.7. The van der Waals surface area contributed by atoms with Gasteiger partial charge in [-0.3, -0.25) is 4.79 Å². The molecule has 30 heavy (non-hydrogen) atoms. The summed E-state index contributed by atoms with van der Waals surface area (Å²) in [6.45, 7) is 1.70. The number of hydrogen-bond acceptors (Lipinski definition) is 7. The van der Waals surface area contributed by atoms with Crippen molar-refractivity contribution in [2.45, 2.75) is 12.8 Å². The Bertz CT molecular complexity index is 1020. The summed E-state index contributed by atoms with van der Waals surface area (Å²) in [4.78, 5) is 17.1. The van der Waals surface area contributed by atoms with Crippen LogP contribution in [0, 0.1) is 0 Å². The van der Waals surface area contributed by atoms with Gasteiger partial charge in [-0.2, -0.15) is 0 Å². The highest BCUT2D eigenvalue weighted by Crippen LogP contribution is 2.39. The van der Waals surface area contributed by atoms with Gasteiger partial charge in [-0.25, -0.2) is 0 Å². The molecule has 8 nitrogen and oxygen atoms in total. The largest absolute Gasteiger partial charge is 0.493 e. The number of para-hydroxylation sites is 1. The Kier molecular flexibility index (Phi) is 5.56. The summed E-state index contributed by atoms with van der Waals surface area (Å²) in [7, 11) is 4.57. The highest BCUT2D eigenvalue weighted by molar-refractivity contribution is 6.11. The quantitative estimate of drug-likeness (QED) is 0.556. The van der Waals surface area contributed by atoms with Crippen LogP contribution < -0.4 is 19.1 Å². The Morgan fingerprint density at radius 1 is 0.900 bits per heavy atom. The van der Waals surface area contributed by atoms with Crippen molar-refractivity contribution in [3.05, 3.63) is 53.7 Å². The molecule has 1 aliphatic rings. The van der Waals surface area contributed by atoms with Gasteiger partial charge in [0.2, 0.25) is 11.5 Å². The molecule has 4 rings (SSSR count). The van der Waals surface area contributed by atoms with Crippen molar-refractivity contribution in [3.8, 4) is 22.9 Å². The minimum Gasteiger partial charge on any atom is -0.493 e. The lowest BCUT2D eigenvalue weighted by Crippen LogP contribution is -2.21. The van der Waals surface area contributed by atoms with Crippen molar-refractivity contribution in [2.75, 3.05) is 39.3 Å². The van der Waals surface area contributed by atoms with Gasteiger partial charge in [0.15, 0.2) is 23.0 Å². The minimum atomic E-state index is -0.252. The molecule has 1 aromatic heterocycles. The third kappa shape index (κ3) is 3.56. The molecule has 3 aromatic rings. The maximum absolute atomic E-state index is 13.5. The number of rotatable bonds is 7. The van der Waals surface area contributed by atoms with Crippen LogP contribution in [0.15, 0.2) is 42.5 Å². The normalized spacial score (nSPS) is 13.4. The van der Waals surface area contributed by atoms with Crippen molar-refractivity contribution in [2.24, 2.45) is 0 Å². The first-order valence-electron chi connectivity index (χ1n) is 9.78. The van der Waals surface area contributed by atoms with E-state index in [1.165, 1.54) is 26.1 Å². The Labute approximate surface area is 175 Å². The summed E-state index contributed by atoms with van der Waals surface area (Å²) in [6, 6.07) is 12.8. The SMILES string of the molecule is COc1cc(C(=O)c2nn(-c3ccccc3)nc2N2CCCC2)cc(OC)c1OC. The van der Waals surface area contributed by atoms with Crippen LogP contribution in [0.3, 0.4) is 0 Å². The fourth-order valence-electron chi connectivity index (χ4n) is 3.61. The zero-order valence-corrected chi connectivity index (χ0v) is 17.3. The standard InChI is InChI=1S/C22H24N4O4/c1-28-17-13-15(14-18(29-2)21(17)30-3)20(27)19-22(25-11-7-8-12-25)24-26(23-19)16-9-5-4-6-10-16/h4-6,9-10,13-14H,7-8,11-12H2,1-3H3. The molecule has 1 aliphatic heterocycles. The smallest absolute Gasteiger partial charge is 0.217 e. The van der Waals surface area contributed by atoms with Gasteiger partial charge < -0.3 is 19.1 Å². The number of carbonyl (C=O) groups is 1. The Hall–Kier alpha value is -3.55. The number of ether oxygens (including phenoxy) is 3. The second kappa shape index (κ2) is 8.44. The molecule has 156 valence electrons. The molecule has 0 spiro atoms. The molecule has 0 bridgehead atoms. The lowest BCUT2D eigenvalue weighted by Gasteiger charge is -2.15. The predicted molar refractivity (Wildman–Crippen MR) is 112 cm³/mol. The van der Waals surface area contributed by atoms with E-state index >= 15 is 0 Å². The molecule has 1 fully saturated rings. The van der Waals surface area contributed by atoms with Crippen molar-refractivity contribution in [3.63, 3.8) is 0 Å². The molecule has 2 heterocycles. The van der Waals surface area contributed by atoms with Crippen LogP contribution in [0.4, 0.5) is 5.82 Å². The topological polar surface area (TPSA) is 78.7 Å². The van der Waals surface area contributed by atoms with Crippen LogP contribution in [-0.2, 0) is 0 Å². The van der Waals surface area contributed by atoms with Crippen molar-refractivity contribution >= 4 is 11.6 Å². The first kappa shape index (κ1) is 19.8. The summed E-state index contributed by atoms with van der Waals surface area (Å²) in [5.74, 6) is 1.61. The Morgan fingerprint density at radius 2 is 1.53 bits per heavy atom. The van der Waals surface area contributed by atoms with Crippen LogP contribution >= 0.6 is 0 Å². The molecule has 0 saturated carbocycles. The molecule has 0 unspecified atom stereocenters. The fourth-order valence-corrected chi connectivity index (χ4v) is 3.61. The second-order valence-electron chi connectivity index (χ2n) is 6.93. The molecule has 0 amide bonds. The fraction of sp³-hybridized carbons (Fsp3) is 0.318. The number of anilines is 1.